The van der Waals surface area contributed by atoms with E-state index in [-0.39, 0.29) is 12.4 Å². The predicted molar refractivity (Wildman–Crippen MR) is 107 cm³/mol. The third-order valence-electron chi connectivity index (χ3n) is 3.86. The summed E-state index contributed by atoms with van der Waals surface area (Å²) in [5.41, 5.74) is 1.43. The summed E-state index contributed by atoms with van der Waals surface area (Å²) < 4.78 is 7.17. The number of rotatable bonds is 9. The minimum Gasteiger partial charge on any atom is -0.491 e. The molecule has 1 atom stereocenters. The Labute approximate surface area is 171 Å². The second kappa shape index (κ2) is 9.68. The van der Waals surface area contributed by atoms with Gasteiger partial charge in [0.15, 0.2) is 5.78 Å². The zero-order valence-corrected chi connectivity index (χ0v) is 16.7. The van der Waals surface area contributed by atoms with E-state index in [9.17, 15) is 9.90 Å². The molecule has 1 aromatic heterocycles. The van der Waals surface area contributed by atoms with Crippen LogP contribution in [0.25, 0.3) is 5.69 Å². The highest BCUT2D eigenvalue weighted by Crippen LogP contribution is 2.21. The standard InChI is InChI=1S/C19H19ClN4O3S/c1-2-18(26)13-3-9-17(10-4-13)27-11-16(25)12-28-19-21-22-23-24(19)15-7-5-14(20)6-8-15/h3-10,16,25H,2,11-12H2,1H3/t16-/m0/s1. The molecular weight excluding hydrogens is 400 g/mol. The van der Waals surface area contributed by atoms with Crippen molar-refractivity contribution in [3.8, 4) is 11.4 Å². The summed E-state index contributed by atoms with van der Waals surface area (Å²) in [6, 6.07) is 14.0. The summed E-state index contributed by atoms with van der Waals surface area (Å²) in [6.07, 6.45) is -0.247. The van der Waals surface area contributed by atoms with Crippen molar-refractivity contribution < 1.29 is 14.6 Å². The maximum atomic E-state index is 11.6. The van der Waals surface area contributed by atoms with Crippen molar-refractivity contribution in [1.29, 1.82) is 0 Å². The average Bonchev–Trinajstić information content (AvgIpc) is 3.19. The number of halogens is 1. The predicted octanol–water partition coefficient (Wildman–Crippen LogP) is 3.44. The van der Waals surface area contributed by atoms with Gasteiger partial charge in [-0.05, 0) is 59.0 Å². The highest BCUT2D eigenvalue weighted by atomic mass is 35.5. The molecule has 146 valence electrons. The second-order valence-corrected chi connectivity index (χ2v) is 7.35. The van der Waals surface area contributed by atoms with Gasteiger partial charge in [-0.1, -0.05) is 30.3 Å². The zero-order chi connectivity index (χ0) is 19.9. The van der Waals surface area contributed by atoms with E-state index in [1.54, 1.807) is 41.1 Å². The lowest BCUT2D eigenvalue weighted by Gasteiger charge is -2.12. The quantitative estimate of drug-likeness (QED) is 0.420. The Kier molecular flexibility index (Phi) is 7.02. The minimum atomic E-state index is -0.711. The molecule has 0 aliphatic heterocycles. The fraction of sp³-hybridized carbons (Fsp3) is 0.263. The maximum absolute atomic E-state index is 11.6. The Hall–Kier alpha value is -2.42. The Morgan fingerprint density at radius 2 is 1.93 bits per heavy atom. The molecule has 3 rings (SSSR count). The summed E-state index contributed by atoms with van der Waals surface area (Å²) in [5.74, 6) is 1.05. The molecule has 0 bridgehead atoms. The molecule has 0 radical (unpaired) electrons. The van der Waals surface area contributed by atoms with E-state index in [4.69, 9.17) is 16.3 Å². The van der Waals surface area contributed by atoms with Gasteiger partial charge in [0.1, 0.15) is 12.4 Å². The van der Waals surface area contributed by atoms with Crippen LogP contribution < -0.4 is 4.74 Å². The van der Waals surface area contributed by atoms with Crippen LogP contribution in [0, 0.1) is 0 Å². The van der Waals surface area contributed by atoms with Crippen LogP contribution in [0.1, 0.15) is 23.7 Å². The monoisotopic (exact) mass is 418 g/mol. The SMILES string of the molecule is CCC(=O)c1ccc(OC[C@H](O)CSc2nnnn2-c2ccc(Cl)cc2)cc1. The van der Waals surface area contributed by atoms with Gasteiger partial charge in [0.05, 0.1) is 11.8 Å². The molecule has 0 aliphatic carbocycles. The second-order valence-electron chi connectivity index (χ2n) is 5.93. The largest absolute Gasteiger partial charge is 0.491 e. The first-order valence-electron chi connectivity index (χ1n) is 8.68. The topological polar surface area (TPSA) is 90.1 Å². The molecule has 0 fully saturated rings. The molecule has 2 aromatic carbocycles. The fourth-order valence-corrected chi connectivity index (χ4v) is 3.29. The lowest BCUT2D eigenvalue weighted by atomic mass is 10.1. The van der Waals surface area contributed by atoms with Crippen LogP contribution in [-0.4, -0.2) is 49.6 Å². The summed E-state index contributed by atoms with van der Waals surface area (Å²) in [5, 5.41) is 23.0. The highest BCUT2D eigenvalue weighted by molar-refractivity contribution is 7.99. The van der Waals surface area contributed by atoms with E-state index in [0.29, 0.717) is 33.7 Å². The number of ketones is 1. The Balaban J connectivity index is 1.51. The van der Waals surface area contributed by atoms with E-state index >= 15 is 0 Å². The first kappa shape index (κ1) is 20.3. The van der Waals surface area contributed by atoms with E-state index in [2.05, 4.69) is 15.5 Å². The molecule has 0 unspecified atom stereocenters. The molecule has 28 heavy (non-hydrogen) atoms. The first-order valence-corrected chi connectivity index (χ1v) is 10.0. The van der Waals surface area contributed by atoms with E-state index in [0.717, 1.165) is 5.69 Å². The van der Waals surface area contributed by atoms with Crippen molar-refractivity contribution in [1.82, 2.24) is 20.2 Å². The number of hydrogen-bond donors (Lipinski definition) is 1. The average molecular weight is 419 g/mol. The van der Waals surface area contributed by atoms with Gasteiger partial charge in [-0.3, -0.25) is 4.79 Å². The van der Waals surface area contributed by atoms with Gasteiger partial charge in [0, 0.05) is 22.8 Å². The molecular formula is C19H19ClN4O3S. The van der Waals surface area contributed by atoms with Gasteiger partial charge in [0.2, 0.25) is 5.16 Å². The number of ether oxygens (including phenoxy) is 1. The number of Topliss-reactive ketones (excluding diaryl/α,β-unsaturated/α-hetero) is 1. The van der Waals surface area contributed by atoms with E-state index < -0.39 is 6.10 Å². The molecule has 7 nitrogen and oxygen atoms in total. The van der Waals surface area contributed by atoms with Gasteiger partial charge in [-0.25, -0.2) is 0 Å². The normalized spacial score (nSPS) is 12.0. The number of thioether (sulfide) groups is 1. The van der Waals surface area contributed by atoms with E-state index in [1.165, 1.54) is 11.8 Å². The van der Waals surface area contributed by atoms with Gasteiger partial charge in [-0.2, -0.15) is 4.68 Å². The van der Waals surface area contributed by atoms with Crippen LogP contribution in [0.15, 0.2) is 53.7 Å². The Morgan fingerprint density at radius 1 is 1.21 bits per heavy atom. The van der Waals surface area contributed by atoms with Crippen molar-refractivity contribution >= 4 is 29.1 Å². The third kappa shape index (κ3) is 5.31. The van der Waals surface area contributed by atoms with Crippen LogP contribution in [0.2, 0.25) is 5.02 Å². The highest BCUT2D eigenvalue weighted by Gasteiger charge is 2.13. The summed E-state index contributed by atoms with van der Waals surface area (Å²) in [7, 11) is 0. The number of hydrogen-bond acceptors (Lipinski definition) is 7. The number of aromatic nitrogens is 4. The number of tetrazole rings is 1. The first-order chi connectivity index (χ1) is 13.6. The number of carbonyl (C=O) groups excluding carboxylic acids is 1. The minimum absolute atomic E-state index is 0.0846. The fourth-order valence-electron chi connectivity index (χ4n) is 2.37. The number of carbonyl (C=O) groups is 1. The van der Waals surface area contributed by atoms with Crippen molar-refractivity contribution in [2.75, 3.05) is 12.4 Å². The molecule has 0 aliphatic rings. The number of aliphatic hydroxyl groups is 1. The third-order valence-corrected chi connectivity index (χ3v) is 5.17. The van der Waals surface area contributed by atoms with Crippen LogP contribution >= 0.6 is 23.4 Å². The molecule has 9 heteroatoms. The molecule has 0 saturated carbocycles. The summed E-state index contributed by atoms with van der Waals surface area (Å²) in [6.45, 7) is 1.95. The summed E-state index contributed by atoms with van der Waals surface area (Å²) >= 11 is 7.23. The molecule has 0 amide bonds. The van der Waals surface area contributed by atoms with Crippen molar-refractivity contribution in [3.05, 3.63) is 59.1 Å². The smallest absolute Gasteiger partial charge is 0.214 e. The Morgan fingerprint density at radius 3 is 2.61 bits per heavy atom. The van der Waals surface area contributed by atoms with Gasteiger partial charge >= 0.3 is 0 Å². The van der Waals surface area contributed by atoms with Crippen molar-refractivity contribution in [2.45, 2.75) is 24.6 Å². The van der Waals surface area contributed by atoms with Crippen molar-refractivity contribution in [3.63, 3.8) is 0 Å². The maximum Gasteiger partial charge on any atom is 0.214 e. The van der Waals surface area contributed by atoms with Gasteiger partial charge in [-0.15, -0.1) is 5.10 Å². The number of benzene rings is 2. The molecule has 0 saturated heterocycles. The lowest BCUT2D eigenvalue weighted by Crippen LogP contribution is -2.20. The van der Waals surface area contributed by atoms with Crippen LogP contribution in [0.3, 0.4) is 0 Å². The number of nitrogens with zero attached hydrogens (tertiary/aromatic N) is 4. The lowest BCUT2D eigenvalue weighted by molar-refractivity contribution is 0.0987. The van der Waals surface area contributed by atoms with Gasteiger partial charge in [0.25, 0.3) is 0 Å². The molecule has 3 aromatic rings. The summed E-state index contributed by atoms with van der Waals surface area (Å²) in [4.78, 5) is 11.6. The van der Waals surface area contributed by atoms with Gasteiger partial charge < -0.3 is 9.84 Å². The molecule has 1 N–H and O–H groups in total. The van der Waals surface area contributed by atoms with Crippen LogP contribution in [0.4, 0.5) is 0 Å². The Bertz CT molecular complexity index is 916. The van der Waals surface area contributed by atoms with E-state index in [1.807, 2.05) is 19.1 Å². The molecule has 0 spiro atoms. The van der Waals surface area contributed by atoms with Crippen molar-refractivity contribution in [2.24, 2.45) is 0 Å². The van der Waals surface area contributed by atoms with Crippen LogP contribution in [-0.2, 0) is 0 Å². The zero-order valence-electron chi connectivity index (χ0n) is 15.2. The van der Waals surface area contributed by atoms with Crippen LogP contribution in [0.5, 0.6) is 5.75 Å². The molecule has 1 heterocycles. The number of aliphatic hydroxyl groups excluding tert-OH is 1.